The van der Waals surface area contributed by atoms with Crippen molar-refractivity contribution in [1.82, 2.24) is 9.36 Å². The van der Waals surface area contributed by atoms with E-state index in [0.29, 0.717) is 5.56 Å². The molecule has 0 saturated heterocycles. The van der Waals surface area contributed by atoms with E-state index >= 15 is 0 Å². The second-order valence-corrected chi connectivity index (χ2v) is 5.10. The molecular formula is C15H19N3O3. The number of rotatable bonds is 2. The van der Waals surface area contributed by atoms with Crippen molar-refractivity contribution in [3.8, 4) is 11.1 Å². The minimum atomic E-state index is -0.682. The molecule has 1 aromatic heterocycles. The van der Waals surface area contributed by atoms with Gasteiger partial charge in [0.25, 0.3) is 5.56 Å². The summed E-state index contributed by atoms with van der Waals surface area (Å²) in [5.41, 5.74) is 7.72. The quantitative estimate of drug-likeness (QED) is 0.920. The smallest absolute Gasteiger partial charge is 0.434 e. The number of hydrogen-bond acceptors (Lipinski definition) is 4. The molecule has 0 atom stereocenters. The summed E-state index contributed by atoms with van der Waals surface area (Å²) in [5, 5.41) is 0. The van der Waals surface area contributed by atoms with Crippen LogP contribution >= 0.6 is 0 Å². The summed E-state index contributed by atoms with van der Waals surface area (Å²) in [7, 11) is 1.25. The van der Waals surface area contributed by atoms with Crippen molar-refractivity contribution in [3.63, 3.8) is 0 Å². The number of ether oxygens (including phenoxy) is 1. The molecule has 6 heteroatoms. The topological polar surface area (TPSA) is 79.2 Å². The maximum atomic E-state index is 12.7. The third-order valence-corrected chi connectivity index (χ3v) is 3.37. The Kier molecular flexibility index (Phi) is 3.88. The van der Waals surface area contributed by atoms with Crippen LogP contribution in [0.4, 0.5) is 10.6 Å². The van der Waals surface area contributed by atoms with Crippen LogP contribution < -0.4 is 11.3 Å². The summed E-state index contributed by atoms with van der Waals surface area (Å²) in [4.78, 5) is 24.6. The summed E-state index contributed by atoms with van der Waals surface area (Å²) >= 11 is 0. The fourth-order valence-electron chi connectivity index (χ4n) is 2.38. The van der Waals surface area contributed by atoms with Crippen LogP contribution in [-0.2, 0) is 4.74 Å². The minimum Gasteiger partial charge on any atom is -0.451 e. The van der Waals surface area contributed by atoms with Gasteiger partial charge in [0.05, 0.1) is 12.7 Å². The molecule has 2 rings (SSSR count). The van der Waals surface area contributed by atoms with E-state index in [0.717, 1.165) is 15.8 Å². The Morgan fingerprint density at radius 2 is 1.90 bits per heavy atom. The number of nitrogen functional groups attached to an aromatic ring is 1. The predicted molar refractivity (Wildman–Crippen MR) is 81.5 cm³/mol. The molecule has 0 radical (unpaired) electrons. The first-order valence-electron chi connectivity index (χ1n) is 6.67. The standard InChI is InChI=1S/C15H19N3O3/c1-9(2)17-14(19)12(11-8-6-5-7-10(11)3)13(16)18(17)15(20)21-4/h5-9H,16H2,1-4H3. The van der Waals surface area contributed by atoms with Crippen LogP contribution in [0.3, 0.4) is 0 Å². The summed E-state index contributed by atoms with van der Waals surface area (Å²) < 4.78 is 7.13. The molecule has 112 valence electrons. The van der Waals surface area contributed by atoms with Crippen molar-refractivity contribution in [3.05, 3.63) is 40.2 Å². The Hall–Kier alpha value is -2.50. The number of carbonyl (C=O) groups excluding carboxylic acids is 1. The lowest BCUT2D eigenvalue weighted by Gasteiger charge is -2.12. The summed E-state index contributed by atoms with van der Waals surface area (Å²) in [6.07, 6.45) is -0.682. The van der Waals surface area contributed by atoms with Gasteiger partial charge in [-0.05, 0) is 31.9 Å². The number of methoxy groups -OCH3 is 1. The second-order valence-electron chi connectivity index (χ2n) is 5.10. The number of anilines is 1. The van der Waals surface area contributed by atoms with E-state index in [1.54, 1.807) is 0 Å². The third-order valence-electron chi connectivity index (χ3n) is 3.37. The molecular weight excluding hydrogens is 270 g/mol. The Morgan fingerprint density at radius 1 is 1.29 bits per heavy atom. The highest BCUT2D eigenvalue weighted by atomic mass is 16.5. The van der Waals surface area contributed by atoms with Crippen LogP contribution in [0.25, 0.3) is 11.1 Å². The van der Waals surface area contributed by atoms with Gasteiger partial charge in [-0.1, -0.05) is 24.3 Å². The predicted octanol–water partition coefficient (Wildman–Crippen LogP) is 2.40. The molecule has 1 aromatic carbocycles. The SMILES string of the molecule is COC(=O)n1c(N)c(-c2ccccc2C)c(=O)n1C(C)C. The van der Waals surface area contributed by atoms with Crippen molar-refractivity contribution in [1.29, 1.82) is 0 Å². The number of aryl methyl sites for hydroxylation is 1. The normalized spacial score (nSPS) is 10.9. The summed E-state index contributed by atoms with van der Waals surface area (Å²) in [5.74, 6) is 0.0925. The van der Waals surface area contributed by atoms with Crippen LogP contribution in [0.2, 0.25) is 0 Å². The van der Waals surface area contributed by atoms with E-state index in [4.69, 9.17) is 10.5 Å². The third kappa shape index (κ3) is 2.33. The largest absolute Gasteiger partial charge is 0.451 e. The number of aromatic nitrogens is 2. The van der Waals surface area contributed by atoms with E-state index in [9.17, 15) is 9.59 Å². The Morgan fingerprint density at radius 3 is 2.43 bits per heavy atom. The highest BCUT2D eigenvalue weighted by Crippen LogP contribution is 2.27. The first-order valence-corrected chi connectivity index (χ1v) is 6.67. The highest BCUT2D eigenvalue weighted by molar-refractivity contribution is 5.83. The zero-order chi connectivity index (χ0) is 15.7. The average molecular weight is 289 g/mol. The lowest BCUT2D eigenvalue weighted by molar-refractivity contribution is 0.163. The van der Waals surface area contributed by atoms with Gasteiger partial charge in [-0.25, -0.2) is 9.48 Å². The van der Waals surface area contributed by atoms with Gasteiger partial charge in [-0.15, -0.1) is 0 Å². The van der Waals surface area contributed by atoms with Crippen LogP contribution in [0.5, 0.6) is 0 Å². The molecule has 0 unspecified atom stereocenters. The average Bonchev–Trinajstić information content (AvgIpc) is 2.70. The van der Waals surface area contributed by atoms with Crippen molar-refractivity contribution in [2.24, 2.45) is 0 Å². The molecule has 2 N–H and O–H groups in total. The number of nitrogens with zero attached hydrogens (tertiary/aromatic N) is 2. The van der Waals surface area contributed by atoms with Gasteiger partial charge in [-0.2, -0.15) is 4.68 Å². The Labute approximate surface area is 122 Å². The fourth-order valence-corrected chi connectivity index (χ4v) is 2.38. The van der Waals surface area contributed by atoms with Crippen molar-refractivity contribution >= 4 is 11.9 Å². The first-order chi connectivity index (χ1) is 9.90. The molecule has 6 nitrogen and oxygen atoms in total. The van der Waals surface area contributed by atoms with Crippen molar-refractivity contribution < 1.29 is 9.53 Å². The zero-order valence-corrected chi connectivity index (χ0v) is 12.6. The summed E-state index contributed by atoms with van der Waals surface area (Å²) in [6, 6.07) is 7.19. The maximum Gasteiger partial charge on any atom is 0.434 e. The van der Waals surface area contributed by atoms with Crippen LogP contribution in [0.15, 0.2) is 29.1 Å². The van der Waals surface area contributed by atoms with E-state index < -0.39 is 6.09 Å². The van der Waals surface area contributed by atoms with Gasteiger partial charge in [0.2, 0.25) is 0 Å². The van der Waals surface area contributed by atoms with E-state index in [2.05, 4.69) is 0 Å². The number of hydrogen-bond donors (Lipinski definition) is 1. The maximum absolute atomic E-state index is 12.7. The van der Waals surface area contributed by atoms with Crippen molar-refractivity contribution in [2.75, 3.05) is 12.8 Å². The first kappa shape index (κ1) is 14.9. The molecule has 0 amide bonds. The highest BCUT2D eigenvalue weighted by Gasteiger charge is 2.25. The lowest BCUT2D eigenvalue weighted by Crippen LogP contribution is -2.30. The van der Waals surface area contributed by atoms with Crippen molar-refractivity contribution in [2.45, 2.75) is 26.8 Å². The van der Waals surface area contributed by atoms with E-state index in [1.165, 1.54) is 11.8 Å². The molecule has 0 bridgehead atoms. The van der Waals surface area contributed by atoms with Gasteiger partial charge in [0.1, 0.15) is 5.82 Å². The molecule has 0 aliphatic carbocycles. The van der Waals surface area contributed by atoms with E-state index in [-0.39, 0.29) is 17.4 Å². The van der Waals surface area contributed by atoms with E-state index in [1.807, 2.05) is 45.0 Å². The molecule has 0 spiro atoms. The lowest BCUT2D eigenvalue weighted by atomic mass is 10.0. The molecule has 0 saturated carbocycles. The summed E-state index contributed by atoms with van der Waals surface area (Å²) in [6.45, 7) is 5.51. The monoisotopic (exact) mass is 289 g/mol. The van der Waals surface area contributed by atoms with Gasteiger partial charge in [0, 0.05) is 6.04 Å². The zero-order valence-electron chi connectivity index (χ0n) is 12.6. The minimum absolute atomic E-state index is 0.0925. The van der Waals surface area contributed by atoms with Gasteiger partial charge < -0.3 is 10.5 Å². The Balaban J connectivity index is 2.84. The Bertz CT molecular complexity index is 741. The van der Waals surface area contributed by atoms with Crippen LogP contribution in [0.1, 0.15) is 25.5 Å². The van der Waals surface area contributed by atoms with Gasteiger partial charge in [0.15, 0.2) is 0 Å². The number of nitrogens with two attached hydrogens (primary N) is 1. The fraction of sp³-hybridized carbons (Fsp3) is 0.333. The number of benzene rings is 1. The van der Waals surface area contributed by atoms with Gasteiger partial charge >= 0.3 is 6.09 Å². The van der Waals surface area contributed by atoms with Gasteiger partial charge in [-0.3, -0.25) is 4.79 Å². The molecule has 21 heavy (non-hydrogen) atoms. The van der Waals surface area contributed by atoms with Crippen LogP contribution in [-0.4, -0.2) is 22.6 Å². The number of carbonyl (C=O) groups is 1. The molecule has 2 aromatic rings. The molecule has 1 heterocycles. The molecule has 0 aliphatic rings. The molecule has 0 fully saturated rings. The van der Waals surface area contributed by atoms with Crippen LogP contribution in [0, 0.1) is 6.92 Å². The second kappa shape index (κ2) is 5.47. The molecule has 0 aliphatic heterocycles.